The average molecular weight is 314 g/mol. The van der Waals surface area contributed by atoms with Gasteiger partial charge in [-0.05, 0) is 29.7 Å². The summed E-state index contributed by atoms with van der Waals surface area (Å²) in [5.41, 5.74) is -0.818. The summed E-state index contributed by atoms with van der Waals surface area (Å²) >= 11 is 0. The number of aliphatic carboxylic acids is 1. The zero-order valence-corrected chi connectivity index (χ0v) is 12.4. The molecule has 1 N–H and O–H groups in total. The van der Waals surface area contributed by atoms with Crippen molar-refractivity contribution in [3.63, 3.8) is 0 Å². The lowest BCUT2D eigenvalue weighted by Gasteiger charge is -2.24. The summed E-state index contributed by atoms with van der Waals surface area (Å²) in [6.45, 7) is 0.223. The molecule has 1 unspecified atom stereocenters. The Kier molecular flexibility index (Phi) is 3.46. The Morgan fingerprint density at radius 1 is 1.38 bits per heavy atom. The van der Waals surface area contributed by atoms with Gasteiger partial charge in [0.05, 0.1) is 23.5 Å². The molecule has 9 heteroatoms. The molecule has 2 heterocycles. The quantitative estimate of drug-likeness (QED) is 0.845. The summed E-state index contributed by atoms with van der Waals surface area (Å²) < 4.78 is 24.7. The van der Waals surface area contributed by atoms with Crippen molar-refractivity contribution in [3.05, 3.63) is 5.82 Å². The summed E-state index contributed by atoms with van der Waals surface area (Å²) in [7, 11) is -3.02. The minimum absolute atomic E-state index is 0.0491. The van der Waals surface area contributed by atoms with Crippen LogP contribution in [-0.2, 0) is 21.2 Å². The van der Waals surface area contributed by atoms with Crippen LogP contribution in [0.4, 0.5) is 0 Å². The van der Waals surface area contributed by atoms with E-state index in [-0.39, 0.29) is 24.0 Å². The zero-order valence-electron chi connectivity index (χ0n) is 11.6. The molecule has 2 fully saturated rings. The first-order valence-electron chi connectivity index (χ1n) is 7.12. The van der Waals surface area contributed by atoms with Crippen LogP contribution >= 0.6 is 0 Å². The lowest BCUT2D eigenvalue weighted by Crippen LogP contribution is -2.34. The van der Waals surface area contributed by atoms with Crippen molar-refractivity contribution in [1.82, 2.24) is 20.2 Å². The van der Waals surface area contributed by atoms with Crippen LogP contribution < -0.4 is 0 Å². The highest BCUT2D eigenvalue weighted by atomic mass is 32.2. The number of tetrazole rings is 1. The van der Waals surface area contributed by atoms with E-state index in [0.29, 0.717) is 25.1 Å². The molecule has 0 aromatic carbocycles. The van der Waals surface area contributed by atoms with Crippen LogP contribution in [0.25, 0.3) is 0 Å². The van der Waals surface area contributed by atoms with E-state index in [1.807, 2.05) is 0 Å². The summed E-state index contributed by atoms with van der Waals surface area (Å²) in [6, 6.07) is 0. The topological polar surface area (TPSA) is 115 Å². The van der Waals surface area contributed by atoms with Crippen LogP contribution in [-0.4, -0.2) is 51.2 Å². The van der Waals surface area contributed by atoms with E-state index >= 15 is 0 Å². The van der Waals surface area contributed by atoms with E-state index in [4.69, 9.17) is 0 Å². The molecule has 1 atom stereocenters. The van der Waals surface area contributed by atoms with Crippen LogP contribution in [0, 0.1) is 5.41 Å². The number of sulfone groups is 1. The molecule has 2 aliphatic rings. The van der Waals surface area contributed by atoms with Gasteiger partial charge in [0.25, 0.3) is 0 Å². The van der Waals surface area contributed by atoms with Gasteiger partial charge in [-0.25, -0.2) is 13.1 Å². The monoisotopic (exact) mass is 314 g/mol. The largest absolute Gasteiger partial charge is 0.481 e. The third-order valence-electron chi connectivity index (χ3n) is 4.62. The van der Waals surface area contributed by atoms with E-state index in [9.17, 15) is 18.3 Å². The van der Waals surface area contributed by atoms with Gasteiger partial charge in [-0.15, -0.1) is 5.10 Å². The lowest BCUT2D eigenvalue weighted by molar-refractivity contribution is -0.149. The predicted molar refractivity (Wildman–Crippen MR) is 72.4 cm³/mol. The van der Waals surface area contributed by atoms with Gasteiger partial charge in [0.15, 0.2) is 15.7 Å². The van der Waals surface area contributed by atoms with E-state index in [0.717, 1.165) is 12.8 Å². The summed E-state index contributed by atoms with van der Waals surface area (Å²) in [5.74, 6) is -0.344. The maximum absolute atomic E-state index is 11.6. The first-order valence-corrected chi connectivity index (χ1v) is 8.94. The zero-order chi connectivity index (χ0) is 15.1. The first-order chi connectivity index (χ1) is 9.92. The van der Waals surface area contributed by atoms with Crippen LogP contribution in [0.1, 0.15) is 43.8 Å². The SMILES string of the molecule is O=C(O)C1(Cn2nnnc2C2CCS(=O)(=O)C2)CCCC1. The Balaban J connectivity index is 1.84. The normalized spacial score (nSPS) is 27.0. The molecule has 0 spiro atoms. The molecule has 0 amide bonds. The molecule has 1 aliphatic carbocycles. The Labute approximate surface area is 122 Å². The minimum Gasteiger partial charge on any atom is -0.481 e. The fourth-order valence-corrected chi connectivity index (χ4v) is 5.13. The summed E-state index contributed by atoms with van der Waals surface area (Å²) in [6.07, 6.45) is 3.51. The van der Waals surface area contributed by atoms with Crippen molar-refractivity contribution in [3.8, 4) is 0 Å². The fourth-order valence-electron chi connectivity index (χ4n) is 3.39. The maximum Gasteiger partial charge on any atom is 0.311 e. The second-order valence-electron chi connectivity index (χ2n) is 6.09. The van der Waals surface area contributed by atoms with Crippen LogP contribution in [0.5, 0.6) is 0 Å². The van der Waals surface area contributed by atoms with E-state index in [1.54, 1.807) is 0 Å². The molecular weight excluding hydrogens is 296 g/mol. The van der Waals surface area contributed by atoms with Crippen molar-refractivity contribution in [2.75, 3.05) is 11.5 Å². The van der Waals surface area contributed by atoms with Gasteiger partial charge in [-0.2, -0.15) is 0 Å². The molecule has 21 heavy (non-hydrogen) atoms. The standard InChI is InChI=1S/C12H18N4O4S/c17-11(18)12(4-1-2-5-12)8-16-10(13-14-15-16)9-3-6-21(19,20)7-9/h9H,1-8H2,(H,17,18). The number of aromatic nitrogens is 4. The Bertz CT molecular complexity index is 648. The summed E-state index contributed by atoms with van der Waals surface area (Å²) in [4.78, 5) is 11.6. The Hall–Kier alpha value is -1.51. The smallest absolute Gasteiger partial charge is 0.311 e. The van der Waals surface area contributed by atoms with Crippen LogP contribution in [0.3, 0.4) is 0 Å². The van der Waals surface area contributed by atoms with Gasteiger partial charge in [0.2, 0.25) is 0 Å². The Morgan fingerprint density at radius 2 is 2.10 bits per heavy atom. The average Bonchev–Trinajstić information content (AvgIpc) is 3.10. The number of hydrogen-bond donors (Lipinski definition) is 1. The van der Waals surface area contributed by atoms with Crippen molar-refractivity contribution in [1.29, 1.82) is 0 Å². The number of nitrogens with zero attached hydrogens (tertiary/aromatic N) is 4. The molecule has 1 saturated carbocycles. The van der Waals surface area contributed by atoms with Crippen LogP contribution in [0.2, 0.25) is 0 Å². The summed E-state index contributed by atoms with van der Waals surface area (Å²) in [5, 5.41) is 21.0. The fraction of sp³-hybridized carbons (Fsp3) is 0.833. The molecular formula is C12H18N4O4S. The first kappa shape index (κ1) is 14.4. The van der Waals surface area contributed by atoms with Crippen molar-refractivity contribution >= 4 is 15.8 Å². The molecule has 0 bridgehead atoms. The molecule has 1 aromatic rings. The molecule has 1 aliphatic heterocycles. The third kappa shape index (κ3) is 2.66. The van der Waals surface area contributed by atoms with Gasteiger partial charge in [-0.1, -0.05) is 12.8 Å². The van der Waals surface area contributed by atoms with Gasteiger partial charge in [0, 0.05) is 5.92 Å². The molecule has 1 aromatic heterocycles. The minimum atomic E-state index is -3.02. The number of carbonyl (C=O) groups is 1. The van der Waals surface area contributed by atoms with E-state index < -0.39 is 21.2 Å². The second kappa shape index (κ2) is 5.04. The van der Waals surface area contributed by atoms with Crippen molar-refractivity contribution in [2.24, 2.45) is 5.41 Å². The predicted octanol–water partition coefficient (Wildman–Crippen LogP) is 0.220. The number of hydrogen-bond acceptors (Lipinski definition) is 6. The number of carboxylic acids is 1. The maximum atomic E-state index is 11.6. The van der Waals surface area contributed by atoms with Gasteiger partial charge in [0.1, 0.15) is 0 Å². The van der Waals surface area contributed by atoms with E-state index in [1.165, 1.54) is 4.68 Å². The second-order valence-corrected chi connectivity index (χ2v) is 8.32. The Morgan fingerprint density at radius 3 is 2.67 bits per heavy atom. The molecule has 3 rings (SSSR count). The number of carboxylic acid groups (broad SMARTS) is 1. The van der Waals surface area contributed by atoms with Crippen molar-refractivity contribution < 1.29 is 18.3 Å². The van der Waals surface area contributed by atoms with Gasteiger partial charge < -0.3 is 5.11 Å². The van der Waals surface area contributed by atoms with Crippen molar-refractivity contribution in [2.45, 2.75) is 44.6 Å². The highest BCUT2D eigenvalue weighted by molar-refractivity contribution is 7.91. The molecule has 1 saturated heterocycles. The highest BCUT2D eigenvalue weighted by Gasteiger charge is 2.43. The molecule has 116 valence electrons. The van der Waals surface area contributed by atoms with Crippen LogP contribution in [0.15, 0.2) is 0 Å². The highest BCUT2D eigenvalue weighted by Crippen LogP contribution is 2.40. The third-order valence-corrected chi connectivity index (χ3v) is 6.39. The van der Waals surface area contributed by atoms with Gasteiger partial charge in [-0.3, -0.25) is 4.79 Å². The number of rotatable bonds is 4. The van der Waals surface area contributed by atoms with Gasteiger partial charge >= 0.3 is 5.97 Å². The molecule has 8 nitrogen and oxygen atoms in total. The van der Waals surface area contributed by atoms with E-state index in [2.05, 4.69) is 15.5 Å². The molecule has 0 radical (unpaired) electrons. The lowest BCUT2D eigenvalue weighted by atomic mass is 9.86.